The highest BCUT2D eigenvalue weighted by molar-refractivity contribution is 5.92. The molecule has 3 heterocycles. The van der Waals surface area contributed by atoms with Gasteiger partial charge in [0.05, 0.1) is 17.6 Å². The molecular formula is C13H15N5O4. The Morgan fingerprint density at radius 1 is 1.55 bits per heavy atom. The number of ether oxygens (including phenoxy) is 1. The number of hydrogen-bond donors (Lipinski definition) is 4. The molecule has 1 unspecified atom stereocenters. The number of hydrogen-bond acceptors (Lipinski definition) is 8. The van der Waals surface area contributed by atoms with Gasteiger partial charge in [-0.05, 0) is 6.92 Å². The van der Waals surface area contributed by atoms with Crippen molar-refractivity contribution in [1.82, 2.24) is 14.5 Å². The molecule has 2 aromatic heterocycles. The molecule has 1 aliphatic rings. The third kappa shape index (κ3) is 1.86. The monoisotopic (exact) mass is 305 g/mol. The van der Waals surface area contributed by atoms with Gasteiger partial charge in [-0.2, -0.15) is 5.26 Å². The number of nitrogens with zero attached hydrogens (tertiary/aromatic N) is 4. The summed E-state index contributed by atoms with van der Waals surface area (Å²) in [6, 6.07) is 1.99. The van der Waals surface area contributed by atoms with Crippen molar-refractivity contribution in [3.63, 3.8) is 0 Å². The second kappa shape index (κ2) is 4.89. The summed E-state index contributed by atoms with van der Waals surface area (Å²) in [5.74, 6) is 0.136. The van der Waals surface area contributed by atoms with Crippen molar-refractivity contribution in [3.05, 3.63) is 18.1 Å². The van der Waals surface area contributed by atoms with E-state index in [2.05, 4.69) is 9.97 Å². The summed E-state index contributed by atoms with van der Waals surface area (Å²) in [5.41, 5.74) is 4.65. The van der Waals surface area contributed by atoms with Crippen LogP contribution in [-0.2, 0) is 4.74 Å². The van der Waals surface area contributed by atoms with E-state index in [0.29, 0.717) is 11.0 Å². The zero-order valence-electron chi connectivity index (χ0n) is 11.7. The number of nitrogens with two attached hydrogens (primary N) is 1. The Morgan fingerprint density at radius 3 is 2.86 bits per heavy atom. The van der Waals surface area contributed by atoms with E-state index in [1.807, 2.05) is 6.07 Å². The number of fused-ring (bicyclic) bond motifs is 1. The van der Waals surface area contributed by atoms with Crippen LogP contribution in [0, 0.1) is 11.3 Å². The molecular weight excluding hydrogens is 290 g/mol. The molecule has 0 aliphatic carbocycles. The molecule has 9 nitrogen and oxygen atoms in total. The van der Waals surface area contributed by atoms with Crippen LogP contribution in [0.1, 0.15) is 18.7 Å². The Hall–Kier alpha value is -2.25. The van der Waals surface area contributed by atoms with Crippen molar-refractivity contribution in [2.45, 2.75) is 31.0 Å². The minimum atomic E-state index is -1.67. The maximum absolute atomic E-state index is 10.5. The molecule has 2 aromatic rings. The highest BCUT2D eigenvalue weighted by Gasteiger charge is 2.53. The molecule has 4 atom stereocenters. The van der Waals surface area contributed by atoms with Gasteiger partial charge < -0.3 is 30.4 Å². The fraction of sp³-hybridized carbons (Fsp3) is 0.462. The van der Waals surface area contributed by atoms with Crippen molar-refractivity contribution in [2.24, 2.45) is 0 Å². The van der Waals surface area contributed by atoms with Crippen LogP contribution in [0.15, 0.2) is 12.5 Å². The fourth-order valence-electron chi connectivity index (χ4n) is 2.76. The van der Waals surface area contributed by atoms with Gasteiger partial charge in [-0.25, -0.2) is 9.97 Å². The van der Waals surface area contributed by atoms with Gasteiger partial charge in [0.25, 0.3) is 0 Å². The van der Waals surface area contributed by atoms with E-state index >= 15 is 0 Å². The number of aromatic nitrogens is 3. The van der Waals surface area contributed by atoms with E-state index in [0.717, 1.165) is 0 Å². The van der Waals surface area contributed by atoms with Gasteiger partial charge in [0.1, 0.15) is 41.7 Å². The van der Waals surface area contributed by atoms with Crippen LogP contribution < -0.4 is 5.73 Å². The minimum absolute atomic E-state index is 0.136. The Labute approximate surface area is 125 Å². The largest absolute Gasteiger partial charge is 0.394 e. The molecule has 1 fully saturated rings. The first-order chi connectivity index (χ1) is 10.4. The maximum Gasteiger partial charge on any atom is 0.167 e. The lowest BCUT2D eigenvalue weighted by molar-refractivity contribution is -0.0948. The van der Waals surface area contributed by atoms with Crippen LogP contribution in [0.4, 0.5) is 5.82 Å². The summed E-state index contributed by atoms with van der Waals surface area (Å²) in [6.07, 6.45) is -0.592. The van der Waals surface area contributed by atoms with Gasteiger partial charge >= 0.3 is 0 Å². The van der Waals surface area contributed by atoms with Crippen molar-refractivity contribution in [3.8, 4) is 6.07 Å². The quantitative estimate of drug-likeness (QED) is 0.545. The molecule has 5 N–H and O–H groups in total. The predicted molar refractivity (Wildman–Crippen MR) is 74.3 cm³/mol. The molecule has 0 radical (unpaired) electrons. The van der Waals surface area contributed by atoms with Crippen LogP contribution in [0.25, 0.3) is 11.0 Å². The van der Waals surface area contributed by atoms with Gasteiger partial charge in [0.2, 0.25) is 0 Å². The van der Waals surface area contributed by atoms with Crippen LogP contribution >= 0.6 is 0 Å². The number of nitriles is 1. The topological polar surface area (TPSA) is 150 Å². The van der Waals surface area contributed by atoms with Crippen molar-refractivity contribution >= 4 is 16.9 Å². The lowest BCUT2D eigenvalue weighted by Crippen LogP contribution is -2.44. The smallest absolute Gasteiger partial charge is 0.167 e. The molecule has 0 spiro atoms. The lowest BCUT2D eigenvalue weighted by atomic mass is 9.96. The first-order valence-electron chi connectivity index (χ1n) is 6.59. The van der Waals surface area contributed by atoms with Gasteiger partial charge in [-0.3, -0.25) is 0 Å². The van der Waals surface area contributed by atoms with E-state index in [1.54, 1.807) is 0 Å². The van der Waals surface area contributed by atoms with Crippen molar-refractivity contribution in [2.75, 3.05) is 12.3 Å². The summed E-state index contributed by atoms with van der Waals surface area (Å²) in [4.78, 5) is 7.93. The van der Waals surface area contributed by atoms with Crippen LogP contribution in [0.2, 0.25) is 0 Å². The molecule has 9 heteroatoms. The van der Waals surface area contributed by atoms with Gasteiger partial charge in [-0.15, -0.1) is 0 Å². The van der Waals surface area contributed by atoms with E-state index < -0.39 is 30.6 Å². The van der Waals surface area contributed by atoms with E-state index in [1.165, 1.54) is 24.0 Å². The third-order valence-corrected chi connectivity index (χ3v) is 3.95. The first kappa shape index (κ1) is 14.7. The molecule has 1 saturated heterocycles. The molecule has 3 rings (SSSR count). The van der Waals surface area contributed by atoms with E-state index in [-0.39, 0.29) is 11.4 Å². The molecule has 0 aromatic carbocycles. The van der Waals surface area contributed by atoms with E-state index in [4.69, 9.17) is 10.5 Å². The Balaban J connectivity index is 2.20. The number of rotatable bonds is 2. The minimum Gasteiger partial charge on any atom is -0.394 e. The van der Waals surface area contributed by atoms with Crippen LogP contribution in [0.3, 0.4) is 0 Å². The summed E-state index contributed by atoms with van der Waals surface area (Å²) in [5, 5.41) is 39.4. The molecule has 116 valence electrons. The van der Waals surface area contributed by atoms with Crippen molar-refractivity contribution < 1.29 is 20.1 Å². The molecule has 22 heavy (non-hydrogen) atoms. The van der Waals surface area contributed by atoms with Gasteiger partial charge in [0, 0.05) is 6.20 Å². The summed E-state index contributed by atoms with van der Waals surface area (Å²) in [7, 11) is 0. The first-order valence-corrected chi connectivity index (χ1v) is 6.59. The van der Waals surface area contributed by atoms with Crippen LogP contribution in [-0.4, -0.2) is 54.3 Å². The normalized spacial score (nSPS) is 31.5. The number of nitrogen functional groups attached to an aromatic ring is 1. The summed E-state index contributed by atoms with van der Waals surface area (Å²) >= 11 is 0. The Morgan fingerprint density at radius 2 is 2.27 bits per heavy atom. The summed E-state index contributed by atoms with van der Waals surface area (Å²) < 4.78 is 6.95. The molecule has 0 bridgehead atoms. The second-order valence-electron chi connectivity index (χ2n) is 5.40. The fourth-order valence-corrected chi connectivity index (χ4v) is 2.76. The zero-order valence-corrected chi connectivity index (χ0v) is 11.7. The molecule has 0 amide bonds. The highest BCUT2D eigenvalue weighted by Crippen LogP contribution is 2.40. The van der Waals surface area contributed by atoms with Crippen molar-refractivity contribution in [1.29, 1.82) is 5.26 Å². The van der Waals surface area contributed by atoms with Gasteiger partial charge in [-0.1, -0.05) is 0 Å². The number of aliphatic hydroxyl groups excluding tert-OH is 2. The molecule has 1 aliphatic heterocycles. The maximum atomic E-state index is 10.5. The lowest BCUT2D eigenvalue weighted by Gasteiger charge is -2.27. The Kier molecular flexibility index (Phi) is 3.26. The Bertz CT molecular complexity index is 766. The number of aliphatic hydroxyl groups is 3. The van der Waals surface area contributed by atoms with E-state index in [9.17, 15) is 20.6 Å². The second-order valence-corrected chi connectivity index (χ2v) is 5.40. The standard InChI is InChI=1S/C13H15N5O4/c1-13(21)9(20)7(4-19)22-12(13)18-3-6(2-14)8-10(15)16-5-17-11(8)18/h3,5,7,9,12,19-21H,4H2,1H3,(H2,15,16,17)/t7-,9-,12?,13-/m1/s1. The zero-order chi connectivity index (χ0) is 16.1. The predicted octanol–water partition coefficient (Wildman–Crippen LogP) is -1.11. The third-order valence-electron chi connectivity index (χ3n) is 3.95. The SMILES string of the molecule is C[C@]1(O)C(n2cc(C#N)c3c(N)ncnc32)O[C@H](CO)[C@H]1O. The summed E-state index contributed by atoms with van der Waals surface area (Å²) in [6.45, 7) is 0.940. The molecule has 0 saturated carbocycles. The van der Waals surface area contributed by atoms with Gasteiger partial charge in [0.15, 0.2) is 6.23 Å². The number of anilines is 1. The van der Waals surface area contributed by atoms with Crippen LogP contribution in [0.5, 0.6) is 0 Å². The average molecular weight is 305 g/mol. The average Bonchev–Trinajstić information content (AvgIpc) is 2.97. The highest BCUT2D eigenvalue weighted by atomic mass is 16.6.